The highest BCUT2D eigenvalue weighted by Gasteiger charge is 2.25. The molecule has 124 valence electrons. The number of nitrogens with one attached hydrogen (secondary N) is 1. The lowest BCUT2D eigenvalue weighted by molar-refractivity contribution is 0.214. The van der Waals surface area contributed by atoms with E-state index < -0.39 is 0 Å². The summed E-state index contributed by atoms with van der Waals surface area (Å²) < 4.78 is 2.40. The second-order valence-electron chi connectivity index (χ2n) is 7.16. The summed E-state index contributed by atoms with van der Waals surface area (Å²) in [6, 6.07) is 4.09. The summed E-state index contributed by atoms with van der Waals surface area (Å²) in [5, 5.41) is 3.67. The first-order valence-corrected chi connectivity index (χ1v) is 9.05. The highest BCUT2D eigenvalue weighted by Crippen LogP contribution is 2.27. The minimum Gasteiger partial charge on any atom is -0.306 e. The molecule has 4 rings (SSSR count). The van der Waals surface area contributed by atoms with Crippen molar-refractivity contribution in [2.45, 2.75) is 44.7 Å². The lowest BCUT2D eigenvalue weighted by Gasteiger charge is -2.30. The molecule has 0 spiro atoms. The van der Waals surface area contributed by atoms with Gasteiger partial charge in [-0.2, -0.15) is 0 Å². The second-order valence-corrected chi connectivity index (χ2v) is 7.16. The summed E-state index contributed by atoms with van der Waals surface area (Å²) in [5.41, 5.74) is 2.10. The molecule has 2 aliphatic heterocycles. The van der Waals surface area contributed by atoms with Crippen LogP contribution in [0.2, 0.25) is 0 Å². The summed E-state index contributed by atoms with van der Waals surface area (Å²) in [5.74, 6) is 1.98. The average molecular weight is 313 g/mol. The van der Waals surface area contributed by atoms with Crippen molar-refractivity contribution in [3.8, 4) is 0 Å². The Hall–Kier alpha value is -1.46. The van der Waals surface area contributed by atoms with Crippen LogP contribution in [0.3, 0.4) is 0 Å². The van der Waals surface area contributed by atoms with E-state index in [1.807, 2.05) is 12.3 Å². The van der Waals surface area contributed by atoms with Gasteiger partial charge in [0.2, 0.25) is 0 Å². The van der Waals surface area contributed by atoms with E-state index in [0.717, 1.165) is 30.0 Å². The molecule has 2 aromatic heterocycles. The van der Waals surface area contributed by atoms with Gasteiger partial charge in [0.15, 0.2) is 5.65 Å². The fourth-order valence-corrected chi connectivity index (χ4v) is 4.03. The van der Waals surface area contributed by atoms with Crippen LogP contribution >= 0.6 is 0 Å². The van der Waals surface area contributed by atoms with Crippen molar-refractivity contribution >= 4 is 11.2 Å². The fraction of sp³-hybridized carbons (Fsp3) is 0.667. The molecule has 2 aromatic rings. The van der Waals surface area contributed by atoms with Crippen LogP contribution in [-0.4, -0.2) is 46.1 Å². The Kier molecular flexibility index (Phi) is 4.31. The molecule has 0 aliphatic carbocycles. The van der Waals surface area contributed by atoms with E-state index in [4.69, 9.17) is 4.98 Å². The first-order valence-electron chi connectivity index (χ1n) is 9.05. The molecule has 1 unspecified atom stereocenters. The van der Waals surface area contributed by atoms with Gasteiger partial charge in [0.25, 0.3) is 0 Å². The van der Waals surface area contributed by atoms with Gasteiger partial charge in [-0.05, 0) is 76.8 Å². The number of hydrogen-bond donors (Lipinski definition) is 1. The maximum absolute atomic E-state index is 4.95. The molecular formula is C18H27N5. The van der Waals surface area contributed by atoms with E-state index in [1.54, 1.807) is 0 Å². The molecule has 2 saturated heterocycles. The smallest absolute Gasteiger partial charge is 0.161 e. The van der Waals surface area contributed by atoms with Crippen LogP contribution in [0.15, 0.2) is 18.3 Å². The maximum atomic E-state index is 4.95. The number of nitrogens with zero attached hydrogens (tertiary/aromatic N) is 4. The van der Waals surface area contributed by atoms with Crippen molar-refractivity contribution in [2.75, 3.05) is 26.7 Å². The molecule has 23 heavy (non-hydrogen) atoms. The molecule has 2 fully saturated rings. The van der Waals surface area contributed by atoms with Crippen molar-refractivity contribution in [1.82, 2.24) is 24.8 Å². The molecule has 0 aromatic carbocycles. The average Bonchev–Trinajstić information content (AvgIpc) is 2.95. The van der Waals surface area contributed by atoms with Crippen LogP contribution in [0.5, 0.6) is 0 Å². The highest BCUT2D eigenvalue weighted by atomic mass is 15.2. The second kappa shape index (κ2) is 6.57. The quantitative estimate of drug-likeness (QED) is 0.946. The van der Waals surface area contributed by atoms with Crippen molar-refractivity contribution in [1.29, 1.82) is 0 Å². The number of aromatic nitrogens is 3. The third kappa shape index (κ3) is 3.12. The molecule has 5 nitrogen and oxygen atoms in total. The number of imidazole rings is 1. The van der Waals surface area contributed by atoms with E-state index in [1.165, 1.54) is 51.0 Å². The molecule has 1 N–H and O–H groups in total. The fourth-order valence-electron chi connectivity index (χ4n) is 4.03. The van der Waals surface area contributed by atoms with Gasteiger partial charge in [-0.15, -0.1) is 0 Å². The van der Waals surface area contributed by atoms with Crippen LogP contribution < -0.4 is 5.32 Å². The van der Waals surface area contributed by atoms with Gasteiger partial charge in [0.05, 0.1) is 6.17 Å². The van der Waals surface area contributed by atoms with Crippen molar-refractivity contribution < 1.29 is 0 Å². The van der Waals surface area contributed by atoms with E-state index >= 15 is 0 Å². The molecule has 2 aliphatic rings. The van der Waals surface area contributed by atoms with Gasteiger partial charge in [0.1, 0.15) is 11.3 Å². The summed E-state index contributed by atoms with van der Waals surface area (Å²) in [6.07, 6.45) is 9.66. The standard InChI is InChI=1S/C18H27N5/c1-22-11-7-14(8-12-22)13-17-21-15-5-4-10-20-18(15)23(17)16-6-2-3-9-19-16/h4-5,10,14,16,19H,2-3,6-9,11-13H2,1H3. The first kappa shape index (κ1) is 15.1. The molecule has 4 heterocycles. The predicted octanol–water partition coefficient (Wildman–Crippen LogP) is 2.59. The number of pyridine rings is 1. The molecule has 1 atom stereocenters. The SMILES string of the molecule is CN1CCC(Cc2nc3cccnc3n2C2CCCCN2)CC1. The Morgan fingerprint density at radius 2 is 2.09 bits per heavy atom. The van der Waals surface area contributed by atoms with Gasteiger partial charge in [0, 0.05) is 12.6 Å². The van der Waals surface area contributed by atoms with E-state index in [2.05, 4.69) is 32.9 Å². The third-order valence-corrected chi connectivity index (χ3v) is 5.43. The molecule has 5 heteroatoms. The van der Waals surface area contributed by atoms with Gasteiger partial charge < -0.3 is 4.90 Å². The summed E-state index contributed by atoms with van der Waals surface area (Å²) >= 11 is 0. The number of likely N-dealkylation sites (tertiary alicyclic amines) is 1. The maximum Gasteiger partial charge on any atom is 0.161 e. The molecule has 0 radical (unpaired) electrons. The lowest BCUT2D eigenvalue weighted by Crippen LogP contribution is -2.34. The molecule has 0 bridgehead atoms. The monoisotopic (exact) mass is 313 g/mol. The molecular weight excluding hydrogens is 286 g/mol. The lowest BCUT2D eigenvalue weighted by atomic mass is 9.93. The zero-order chi connectivity index (χ0) is 15.6. The number of piperidine rings is 2. The number of hydrogen-bond acceptors (Lipinski definition) is 4. The van der Waals surface area contributed by atoms with Gasteiger partial charge in [-0.3, -0.25) is 9.88 Å². The largest absolute Gasteiger partial charge is 0.306 e. The normalized spacial score (nSPS) is 24.3. The third-order valence-electron chi connectivity index (χ3n) is 5.43. The van der Waals surface area contributed by atoms with E-state index in [9.17, 15) is 0 Å². The van der Waals surface area contributed by atoms with Crippen LogP contribution in [0, 0.1) is 5.92 Å². The predicted molar refractivity (Wildman–Crippen MR) is 92.3 cm³/mol. The van der Waals surface area contributed by atoms with Crippen LogP contribution in [0.4, 0.5) is 0 Å². The van der Waals surface area contributed by atoms with Gasteiger partial charge in [-0.25, -0.2) is 9.97 Å². The van der Waals surface area contributed by atoms with E-state index in [0.29, 0.717) is 6.17 Å². The summed E-state index contributed by atoms with van der Waals surface area (Å²) in [6.45, 7) is 3.53. The van der Waals surface area contributed by atoms with Crippen molar-refractivity contribution in [3.63, 3.8) is 0 Å². The number of rotatable bonds is 3. The highest BCUT2D eigenvalue weighted by molar-refractivity contribution is 5.71. The Labute approximate surface area is 138 Å². The van der Waals surface area contributed by atoms with Gasteiger partial charge in [-0.1, -0.05) is 0 Å². The van der Waals surface area contributed by atoms with Crippen LogP contribution in [0.25, 0.3) is 11.2 Å². The minimum absolute atomic E-state index is 0.366. The Morgan fingerprint density at radius 3 is 2.87 bits per heavy atom. The van der Waals surface area contributed by atoms with Crippen LogP contribution in [0.1, 0.15) is 44.1 Å². The number of fused-ring (bicyclic) bond motifs is 1. The zero-order valence-corrected chi connectivity index (χ0v) is 14.0. The summed E-state index contributed by atoms with van der Waals surface area (Å²) in [7, 11) is 2.22. The molecule has 0 amide bonds. The molecule has 0 saturated carbocycles. The topological polar surface area (TPSA) is 46.0 Å². The summed E-state index contributed by atoms with van der Waals surface area (Å²) in [4.78, 5) is 12.0. The van der Waals surface area contributed by atoms with Crippen molar-refractivity contribution in [2.24, 2.45) is 5.92 Å². The Balaban J connectivity index is 1.64. The van der Waals surface area contributed by atoms with E-state index in [-0.39, 0.29) is 0 Å². The van der Waals surface area contributed by atoms with Crippen molar-refractivity contribution in [3.05, 3.63) is 24.2 Å². The van der Waals surface area contributed by atoms with Crippen LogP contribution in [-0.2, 0) is 6.42 Å². The first-order chi connectivity index (χ1) is 11.3. The minimum atomic E-state index is 0.366. The Bertz CT molecular complexity index is 650. The Morgan fingerprint density at radius 1 is 1.22 bits per heavy atom. The zero-order valence-electron chi connectivity index (χ0n) is 14.0. The van der Waals surface area contributed by atoms with Gasteiger partial charge >= 0.3 is 0 Å².